The molecule has 0 aromatic carbocycles. The van der Waals surface area contributed by atoms with Crippen LogP contribution in [0, 0.1) is 0 Å². The summed E-state index contributed by atoms with van der Waals surface area (Å²) in [7, 11) is 0. The normalized spacial score (nSPS) is 32.6. The second-order valence-electron chi connectivity index (χ2n) is 6.65. The number of rotatable bonds is 2. The van der Waals surface area contributed by atoms with Crippen LogP contribution >= 0.6 is 0 Å². The summed E-state index contributed by atoms with van der Waals surface area (Å²) in [5.41, 5.74) is 0. The first kappa shape index (κ1) is 13.6. The van der Waals surface area contributed by atoms with Crippen LogP contribution in [0.3, 0.4) is 0 Å². The Hall–Kier alpha value is -0.410. The van der Waals surface area contributed by atoms with Gasteiger partial charge in [-0.05, 0) is 64.7 Å². The maximum absolute atomic E-state index is 11.6. The zero-order valence-electron chi connectivity index (χ0n) is 12.1. The van der Waals surface area contributed by atoms with Crippen LogP contribution < -0.4 is 0 Å². The van der Waals surface area contributed by atoms with Gasteiger partial charge < -0.3 is 4.90 Å². The number of piperidine rings is 2. The van der Waals surface area contributed by atoms with Crippen molar-refractivity contribution in [1.82, 2.24) is 9.80 Å². The molecule has 0 N–H and O–H groups in total. The quantitative estimate of drug-likeness (QED) is 0.765. The number of likely N-dealkylation sites (tertiary alicyclic amines) is 2. The van der Waals surface area contributed by atoms with E-state index in [0.717, 1.165) is 25.3 Å². The maximum atomic E-state index is 11.6. The first-order chi connectivity index (χ1) is 9.33. The van der Waals surface area contributed by atoms with Gasteiger partial charge in [-0.25, -0.2) is 0 Å². The average Bonchev–Trinajstić information content (AvgIpc) is 2.48. The van der Waals surface area contributed by atoms with Crippen molar-refractivity contribution in [2.24, 2.45) is 0 Å². The summed E-state index contributed by atoms with van der Waals surface area (Å²) >= 11 is 0. The molecule has 0 radical (unpaired) electrons. The Morgan fingerprint density at radius 2 is 1.42 bits per heavy atom. The highest BCUT2D eigenvalue weighted by atomic mass is 16.1. The Morgan fingerprint density at radius 3 is 2.11 bits per heavy atom. The number of carbonyl (C=O) groups excluding carboxylic acids is 1. The number of hydrogen-bond acceptors (Lipinski definition) is 3. The van der Waals surface area contributed by atoms with Gasteiger partial charge in [-0.3, -0.25) is 9.69 Å². The van der Waals surface area contributed by atoms with Gasteiger partial charge in [-0.15, -0.1) is 0 Å². The number of nitrogens with zero attached hydrogens (tertiary/aromatic N) is 2. The zero-order valence-corrected chi connectivity index (χ0v) is 12.1. The van der Waals surface area contributed by atoms with E-state index in [1.807, 2.05) is 0 Å². The van der Waals surface area contributed by atoms with Gasteiger partial charge in [0.05, 0.1) is 0 Å². The molecule has 3 aliphatic rings. The fraction of sp³-hybridized carbons (Fsp3) is 0.938. The molecule has 0 spiro atoms. The van der Waals surface area contributed by atoms with E-state index < -0.39 is 0 Å². The SMILES string of the molecule is O=C1CCCC(N2CCC(N3CCCCC3)CC2)C1. The minimum absolute atomic E-state index is 0.495. The van der Waals surface area contributed by atoms with Crippen LogP contribution in [0.1, 0.15) is 57.8 Å². The molecule has 2 heterocycles. The van der Waals surface area contributed by atoms with Crippen molar-refractivity contribution in [3.63, 3.8) is 0 Å². The van der Waals surface area contributed by atoms with E-state index in [2.05, 4.69) is 9.80 Å². The molecule has 3 nitrogen and oxygen atoms in total. The van der Waals surface area contributed by atoms with Crippen molar-refractivity contribution in [2.45, 2.75) is 69.9 Å². The average molecular weight is 264 g/mol. The third-order valence-corrected chi connectivity index (χ3v) is 5.38. The summed E-state index contributed by atoms with van der Waals surface area (Å²) in [6.45, 7) is 5.09. The van der Waals surface area contributed by atoms with Crippen LogP contribution in [0.15, 0.2) is 0 Å². The number of hydrogen-bond donors (Lipinski definition) is 0. The van der Waals surface area contributed by atoms with Crippen molar-refractivity contribution < 1.29 is 4.79 Å². The van der Waals surface area contributed by atoms with Gasteiger partial charge in [-0.2, -0.15) is 0 Å². The van der Waals surface area contributed by atoms with E-state index >= 15 is 0 Å². The maximum Gasteiger partial charge on any atom is 0.134 e. The molecule has 3 heteroatoms. The molecule has 3 fully saturated rings. The van der Waals surface area contributed by atoms with E-state index in [1.54, 1.807) is 0 Å². The van der Waals surface area contributed by atoms with Gasteiger partial charge in [0, 0.05) is 24.9 Å². The van der Waals surface area contributed by atoms with Crippen LogP contribution in [0.2, 0.25) is 0 Å². The minimum Gasteiger partial charge on any atom is -0.300 e. The van der Waals surface area contributed by atoms with Crippen LogP contribution in [0.5, 0.6) is 0 Å². The molecule has 1 unspecified atom stereocenters. The molecule has 2 aliphatic heterocycles. The number of ketones is 1. The Balaban J connectivity index is 1.47. The summed E-state index contributed by atoms with van der Waals surface area (Å²) in [5.74, 6) is 0.495. The number of Topliss-reactive ketones (excluding diaryl/α,β-unsaturated/α-hetero) is 1. The smallest absolute Gasteiger partial charge is 0.134 e. The largest absolute Gasteiger partial charge is 0.300 e. The lowest BCUT2D eigenvalue weighted by Crippen LogP contribution is -2.50. The molecule has 0 aromatic rings. The van der Waals surface area contributed by atoms with Gasteiger partial charge in [0.1, 0.15) is 5.78 Å². The van der Waals surface area contributed by atoms with Crippen LogP contribution in [0.4, 0.5) is 0 Å². The second kappa shape index (κ2) is 6.36. The van der Waals surface area contributed by atoms with Crippen molar-refractivity contribution >= 4 is 5.78 Å². The van der Waals surface area contributed by atoms with E-state index in [1.165, 1.54) is 64.7 Å². The molecule has 1 atom stereocenters. The zero-order chi connectivity index (χ0) is 13.1. The van der Waals surface area contributed by atoms with Crippen molar-refractivity contribution in [2.75, 3.05) is 26.2 Å². The lowest BCUT2D eigenvalue weighted by atomic mass is 9.90. The van der Waals surface area contributed by atoms with Crippen LogP contribution in [0.25, 0.3) is 0 Å². The van der Waals surface area contributed by atoms with E-state index in [4.69, 9.17) is 0 Å². The highest BCUT2D eigenvalue weighted by Crippen LogP contribution is 2.26. The molecular weight excluding hydrogens is 236 g/mol. The predicted octanol–water partition coefficient (Wildman–Crippen LogP) is 2.45. The minimum atomic E-state index is 0.495. The second-order valence-corrected chi connectivity index (χ2v) is 6.65. The molecule has 0 amide bonds. The molecule has 0 bridgehead atoms. The summed E-state index contributed by atoms with van der Waals surface area (Å²) in [6, 6.07) is 1.40. The third-order valence-electron chi connectivity index (χ3n) is 5.38. The van der Waals surface area contributed by atoms with Crippen molar-refractivity contribution in [3.8, 4) is 0 Å². The van der Waals surface area contributed by atoms with Gasteiger partial charge in [0.15, 0.2) is 0 Å². The van der Waals surface area contributed by atoms with Gasteiger partial charge >= 0.3 is 0 Å². The summed E-state index contributed by atoms with van der Waals surface area (Å²) < 4.78 is 0. The standard InChI is InChI=1S/C16H28N2O/c19-16-6-4-5-15(13-16)18-11-7-14(8-12-18)17-9-2-1-3-10-17/h14-15H,1-13H2. The molecule has 2 saturated heterocycles. The van der Waals surface area contributed by atoms with E-state index in [0.29, 0.717) is 11.8 Å². The highest BCUT2D eigenvalue weighted by molar-refractivity contribution is 5.79. The fourth-order valence-corrected chi connectivity index (χ4v) is 4.21. The molecule has 0 aromatic heterocycles. The summed E-state index contributed by atoms with van der Waals surface area (Å²) in [5, 5.41) is 0. The Morgan fingerprint density at radius 1 is 0.737 bits per heavy atom. The molecule has 1 saturated carbocycles. The van der Waals surface area contributed by atoms with E-state index in [-0.39, 0.29) is 0 Å². The third kappa shape index (κ3) is 3.38. The summed E-state index contributed by atoms with van der Waals surface area (Å²) in [6.07, 6.45) is 10.9. The van der Waals surface area contributed by atoms with Crippen LogP contribution in [-0.2, 0) is 4.79 Å². The highest BCUT2D eigenvalue weighted by Gasteiger charge is 2.30. The predicted molar refractivity (Wildman–Crippen MR) is 77.3 cm³/mol. The Kier molecular flexibility index (Phi) is 4.54. The van der Waals surface area contributed by atoms with Gasteiger partial charge in [0.2, 0.25) is 0 Å². The van der Waals surface area contributed by atoms with E-state index in [9.17, 15) is 4.79 Å². The first-order valence-electron chi connectivity index (χ1n) is 8.33. The molecule has 19 heavy (non-hydrogen) atoms. The van der Waals surface area contributed by atoms with Gasteiger partial charge in [0.25, 0.3) is 0 Å². The molecule has 108 valence electrons. The molecule has 3 rings (SSSR count). The lowest BCUT2D eigenvalue weighted by Gasteiger charge is -2.43. The Labute approximate surface area is 117 Å². The van der Waals surface area contributed by atoms with Crippen LogP contribution in [-0.4, -0.2) is 53.8 Å². The number of carbonyl (C=O) groups is 1. The van der Waals surface area contributed by atoms with Crippen molar-refractivity contribution in [1.29, 1.82) is 0 Å². The molecule has 1 aliphatic carbocycles. The topological polar surface area (TPSA) is 23.6 Å². The van der Waals surface area contributed by atoms with Crippen molar-refractivity contribution in [3.05, 3.63) is 0 Å². The lowest BCUT2D eigenvalue weighted by molar-refractivity contribution is -0.122. The Bertz CT molecular complexity index is 304. The molecular formula is C16H28N2O. The monoisotopic (exact) mass is 264 g/mol. The fourth-order valence-electron chi connectivity index (χ4n) is 4.21. The van der Waals surface area contributed by atoms with Gasteiger partial charge in [-0.1, -0.05) is 6.42 Å². The summed E-state index contributed by atoms with van der Waals surface area (Å²) in [4.78, 5) is 16.9. The first-order valence-corrected chi connectivity index (χ1v) is 8.33.